The molecule has 2 atom stereocenters. The first-order valence-electron chi connectivity index (χ1n) is 8.17. The molecule has 1 fully saturated rings. The van der Waals surface area contributed by atoms with Gasteiger partial charge in [0.2, 0.25) is 12.2 Å². The van der Waals surface area contributed by atoms with Crippen LogP contribution in [0.3, 0.4) is 0 Å². The number of nitrogens with zero attached hydrogens (tertiary/aromatic N) is 1. The Labute approximate surface area is 137 Å². The molecule has 0 radical (unpaired) electrons. The molecule has 0 bridgehead atoms. The van der Waals surface area contributed by atoms with Crippen LogP contribution >= 0.6 is 0 Å². The lowest BCUT2D eigenvalue weighted by molar-refractivity contribution is -0.155. The van der Waals surface area contributed by atoms with Crippen LogP contribution in [0.5, 0.6) is 5.75 Å². The predicted octanol–water partition coefficient (Wildman–Crippen LogP) is 0.879. The van der Waals surface area contributed by atoms with E-state index in [-0.39, 0.29) is 11.9 Å². The van der Waals surface area contributed by atoms with Gasteiger partial charge in [0, 0.05) is 26.1 Å². The summed E-state index contributed by atoms with van der Waals surface area (Å²) in [7, 11) is 0. The number of carbonyl (C=O) groups is 1. The molecular weight excluding hydrogens is 294 g/mol. The maximum atomic E-state index is 11.4. The highest BCUT2D eigenvalue weighted by molar-refractivity contribution is 5.73. The van der Waals surface area contributed by atoms with E-state index in [9.17, 15) is 4.79 Å². The molecule has 1 aliphatic heterocycles. The maximum absolute atomic E-state index is 11.4. The lowest BCUT2D eigenvalue weighted by atomic mass is 10.1. The Morgan fingerprint density at radius 2 is 2.17 bits per heavy atom. The third kappa shape index (κ3) is 5.82. The Hall–Kier alpha value is -1.63. The molecule has 0 saturated carbocycles. The summed E-state index contributed by atoms with van der Waals surface area (Å²) in [6, 6.07) is 8.07. The molecule has 2 rings (SSSR count). The average Bonchev–Trinajstić information content (AvgIpc) is 2.56. The van der Waals surface area contributed by atoms with Gasteiger partial charge in [0.1, 0.15) is 5.75 Å². The summed E-state index contributed by atoms with van der Waals surface area (Å²) in [6.07, 6.45) is 2.54. The number of hydrogen-bond donors (Lipinski definition) is 2. The molecule has 6 heteroatoms. The SMILES string of the molecule is CC(=O)N1CCOC(Oc2ccc(CCC[C@@H](N)CN)cc2)C1. The van der Waals surface area contributed by atoms with E-state index >= 15 is 0 Å². The van der Waals surface area contributed by atoms with E-state index in [0.717, 1.165) is 25.0 Å². The summed E-state index contributed by atoms with van der Waals surface area (Å²) in [5.74, 6) is 0.802. The van der Waals surface area contributed by atoms with Gasteiger partial charge >= 0.3 is 0 Å². The van der Waals surface area contributed by atoms with Crippen molar-refractivity contribution in [1.82, 2.24) is 4.90 Å². The highest BCUT2D eigenvalue weighted by Crippen LogP contribution is 2.17. The fraction of sp³-hybridized carbons (Fsp3) is 0.588. The smallest absolute Gasteiger partial charge is 0.219 e. The molecule has 23 heavy (non-hydrogen) atoms. The van der Waals surface area contributed by atoms with E-state index < -0.39 is 6.29 Å². The molecule has 0 aliphatic carbocycles. The van der Waals surface area contributed by atoms with Gasteiger partial charge in [-0.05, 0) is 37.0 Å². The number of morpholine rings is 1. The molecule has 0 spiro atoms. The topological polar surface area (TPSA) is 90.8 Å². The third-order valence-electron chi connectivity index (χ3n) is 4.01. The minimum atomic E-state index is -0.402. The first kappa shape index (κ1) is 17.7. The fourth-order valence-electron chi connectivity index (χ4n) is 2.55. The van der Waals surface area contributed by atoms with Crippen LogP contribution in [0.4, 0.5) is 0 Å². The zero-order valence-corrected chi connectivity index (χ0v) is 13.7. The largest absolute Gasteiger partial charge is 0.463 e. The summed E-state index contributed by atoms with van der Waals surface area (Å²) in [6.45, 7) is 3.69. The van der Waals surface area contributed by atoms with Gasteiger partial charge < -0.3 is 25.8 Å². The molecule has 1 amide bonds. The van der Waals surface area contributed by atoms with E-state index in [0.29, 0.717) is 26.2 Å². The van der Waals surface area contributed by atoms with Crippen molar-refractivity contribution in [3.63, 3.8) is 0 Å². The third-order valence-corrected chi connectivity index (χ3v) is 4.01. The van der Waals surface area contributed by atoms with E-state index in [1.165, 1.54) is 5.56 Å². The summed E-state index contributed by atoms with van der Waals surface area (Å²) < 4.78 is 11.4. The summed E-state index contributed by atoms with van der Waals surface area (Å²) in [4.78, 5) is 13.1. The van der Waals surface area contributed by atoms with E-state index in [2.05, 4.69) is 12.1 Å². The van der Waals surface area contributed by atoms with Crippen LogP contribution in [-0.4, -0.2) is 49.4 Å². The van der Waals surface area contributed by atoms with Crippen molar-refractivity contribution in [1.29, 1.82) is 0 Å². The first-order valence-corrected chi connectivity index (χ1v) is 8.17. The maximum Gasteiger partial charge on any atom is 0.219 e. The minimum Gasteiger partial charge on any atom is -0.463 e. The quantitative estimate of drug-likeness (QED) is 0.778. The van der Waals surface area contributed by atoms with Gasteiger partial charge in [-0.2, -0.15) is 0 Å². The van der Waals surface area contributed by atoms with Crippen LogP contribution in [-0.2, 0) is 16.0 Å². The van der Waals surface area contributed by atoms with Gasteiger partial charge in [0.05, 0.1) is 13.2 Å². The van der Waals surface area contributed by atoms with Gasteiger partial charge in [-0.15, -0.1) is 0 Å². The van der Waals surface area contributed by atoms with Crippen LogP contribution in [0.2, 0.25) is 0 Å². The summed E-state index contributed by atoms with van der Waals surface area (Å²) >= 11 is 0. The van der Waals surface area contributed by atoms with E-state index in [1.807, 2.05) is 12.1 Å². The van der Waals surface area contributed by atoms with Gasteiger partial charge in [-0.25, -0.2) is 0 Å². The Morgan fingerprint density at radius 3 is 2.83 bits per heavy atom. The second kappa shape index (κ2) is 8.86. The first-order chi connectivity index (χ1) is 11.1. The molecule has 1 aromatic carbocycles. The van der Waals surface area contributed by atoms with Gasteiger partial charge in [-0.1, -0.05) is 12.1 Å². The number of aryl methyl sites for hydroxylation is 1. The molecule has 6 nitrogen and oxygen atoms in total. The molecule has 128 valence electrons. The predicted molar refractivity (Wildman–Crippen MR) is 89.0 cm³/mol. The van der Waals surface area contributed by atoms with E-state index in [1.54, 1.807) is 11.8 Å². The molecular formula is C17H27N3O3. The number of hydrogen-bond acceptors (Lipinski definition) is 5. The molecule has 4 N–H and O–H groups in total. The molecule has 1 unspecified atom stereocenters. The number of carbonyl (C=O) groups excluding carboxylic acids is 1. The van der Waals surface area contributed by atoms with Crippen LogP contribution in [0.15, 0.2) is 24.3 Å². The fourth-order valence-corrected chi connectivity index (χ4v) is 2.55. The summed E-state index contributed by atoms with van der Waals surface area (Å²) in [5.41, 5.74) is 12.6. The Morgan fingerprint density at radius 1 is 1.43 bits per heavy atom. The average molecular weight is 321 g/mol. The Kier molecular flexibility index (Phi) is 6.83. The highest BCUT2D eigenvalue weighted by atomic mass is 16.7. The zero-order chi connectivity index (χ0) is 16.7. The monoisotopic (exact) mass is 321 g/mol. The van der Waals surface area contributed by atoms with Crippen molar-refractivity contribution < 1.29 is 14.3 Å². The number of amides is 1. The van der Waals surface area contributed by atoms with Gasteiger partial charge in [0.25, 0.3) is 0 Å². The van der Waals surface area contributed by atoms with Crippen molar-refractivity contribution in [2.75, 3.05) is 26.2 Å². The van der Waals surface area contributed by atoms with Crippen molar-refractivity contribution in [3.8, 4) is 5.75 Å². The molecule has 0 aromatic heterocycles. The summed E-state index contributed by atoms with van der Waals surface area (Å²) in [5, 5.41) is 0. The van der Waals surface area contributed by atoms with Crippen molar-refractivity contribution in [3.05, 3.63) is 29.8 Å². The minimum absolute atomic E-state index is 0.0490. The van der Waals surface area contributed by atoms with Crippen LogP contribution in [0, 0.1) is 0 Å². The number of benzene rings is 1. The number of rotatable bonds is 7. The Balaban J connectivity index is 1.79. The lowest BCUT2D eigenvalue weighted by Gasteiger charge is -2.32. The second-order valence-electron chi connectivity index (χ2n) is 5.92. The van der Waals surface area contributed by atoms with Gasteiger partial charge in [0.15, 0.2) is 0 Å². The molecule has 1 aromatic rings. The zero-order valence-electron chi connectivity index (χ0n) is 13.7. The van der Waals surface area contributed by atoms with Crippen molar-refractivity contribution in [2.45, 2.75) is 38.5 Å². The second-order valence-corrected chi connectivity index (χ2v) is 5.92. The molecule has 1 saturated heterocycles. The normalized spacial score (nSPS) is 19.4. The molecule has 1 heterocycles. The lowest BCUT2D eigenvalue weighted by Crippen LogP contribution is -2.46. The van der Waals surface area contributed by atoms with E-state index in [4.69, 9.17) is 20.9 Å². The highest BCUT2D eigenvalue weighted by Gasteiger charge is 2.23. The van der Waals surface area contributed by atoms with Crippen molar-refractivity contribution in [2.24, 2.45) is 11.5 Å². The van der Waals surface area contributed by atoms with Crippen LogP contribution in [0.25, 0.3) is 0 Å². The van der Waals surface area contributed by atoms with Crippen molar-refractivity contribution >= 4 is 5.91 Å². The van der Waals surface area contributed by atoms with Crippen LogP contribution in [0.1, 0.15) is 25.3 Å². The van der Waals surface area contributed by atoms with Crippen LogP contribution < -0.4 is 16.2 Å². The van der Waals surface area contributed by atoms with Gasteiger partial charge in [-0.3, -0.25) is 4.79 Å². The molecule has 1 aliphatic rings. The Bertz CT molecular complexity index is 492. The number of nitrogens with two attached hydrogens (primary N) is 2. The standard InChI is InChI=1S/C17H27N3O3/c1-13(21)20-9-10-22-17(12-20)23-16-7-5-14(6-8-16)3-2-4-15(19)11-18/h5-8,15,17H,2-4,9-12,18-19H2,1H3/t15-,17?/m1/s1. The number of ether oxygens (including phenoxy) is 2.